The Morgan fingerprint density at radius 2 is 1.89 bits per heavy atom. The fraction of sp³-hybridized carbons (Fsp3) is 0.333. The third-order valence-corrected chi connectivity index (χ3v) is 3.06. The zero-order valence-corrected chi connectivity index (χ0v) is 10.2. The maximum absolute atomic E-state index is 12.3. The number of hydrogen-bond donors (Lipinski definition) is 2. The second kappa shape index (κ2) is 4.65. The van der Waals surface area contributed by atoms with Crippen LogP contribution in [0.15, 0.2) is 23.1 Å². The number of rotatable bonds is 3. The Bertz CT molecular complexity index is 542. The molecule has 0 aliphatic rings. The van der Waals surface area contributed by atoms with Crippen LogP contribution in [-0.2, 0) is 10.0 Å². The first-order chi connectivity index (χ1) is 8.00. The van der Waals surface area contributed by atoms with Crippen LogP contribution >= 0.6 is 0 Å². The molecule has 1 rings (SSSR count). The Labute approximate surface area is 102 Å². The molecule has 0 bridgehead atoms. The summed E-state index contributed by atoms with van der Waals surface area (Å²) in [6, 6.07) is 3.51. The topological polar surface area (TPSA) is 89.4 Å². The highest BCUT2D eigenvalue weighted by Crippen LogP contribution is 2.28. The molecule has 0 aliphatic carbocycles. The van der Waals surface area contributed by atoms with Gasteiger partial charge in [-0.1, -0.05) is 0 Å². The first-order valence-corrected chi connectivity index (χ1v) is 6.25. The van der Waals surface area contributed by atoms with Crippen molar-refractivity contribution in [2.24, 2.45) is 5.14 Å². The minimum Gasteiger partial charge on any atom is -0.399 e. The maximum Gasteiger partial charge on any atom is 0.405 e. The lowest BCUT2D eigenvalue weighted by atomic mass is 10.2. The summed E-state index contributed by atoms with van der Waals surface area (Å²) < 4.78 is 59.3. The minimum atomic E-state index is -4.45. The largest absolute Gasteiger partial charge is 0.405 e. The molecule has 0 unspecified atom stereocenters. The molecule has 0 atom stereocenters. The summed E-state index contributed by atoms with van der Waals surface area (Å²) in [5, 5.41) is 4.94. The van der Waals surface area contributed by atoms with Crippen molar-refractivity contribution in [2.45, 2.75) is 11.1 Å². The predicted octanol–water partition coefficient (Wildman–Crippen LogP) is 0.915. The van der Waals surface area contributed by atoms with Gasteiger partial charge in [0.15, 0.2) is 0 Å². The molecule has 1 aromatic rings. The van der Waals surface area contributed by atoms with Crippen molar-refractivity contribution in [3.8, 4) is 0 Å². The van der Waals surface area contributed by atoms with Gasteiger partial charge in [-0.15, -0.1) is 0 Å². The first-order valence-electron chi connectivity index (χ1n) is 4.71. The SMILES string of the molecule is CN(CC(F)(F)F)c1ccc(N)cc1S(N)(=O)=O. The second-order valence-corrected chi connectivity index (χ2v) is 5.27. The summed E-state index contributed by atoms with van der Waals surface area (Å²) >= 11 is 0. The third-order valence-electron chi connectivity index (χ3n) is 2.12. The molecular weight excluding hydrogens is 271 g/mol. The zero-order chi connectivity index (χ0) is 14.1. The van der Waals surface area contributed by atoms with Crippen LogP contribution in [0.2, 0.25) is 0 Å². The van der Waals surface area contributed by atoms with Crippen LogP contribution in [0.5, 0.6) is 0 Å². The number of nitrogens with zero attached hydrogens (tertiary/aromatic N) is 1. The summed E-state index contributed by atoms with van der Waals surface area (Å²) in [7, 11) is -3.03. The molecule has 4 N–H and O–H groups in total. The highest BCUT2D eigenvalue weighted by Gasteiger charge is 2.31. The Hall–Kier alpha value is -1.48. The van der Waals surface area contributed by atoms with E-state index in [1.807, 2.05) is 0 Å². The number of anilines is 2. The number of alkyl halides is 3. The summed E-state index contributed by atoms with van der Waals surface area (Å²) in [4.78, 5) is 0.313. The fourth-order valence-corrected chi connectivity index (χ4v) is 2.24. The molecule has 18 heavy (non-hydrogen) atoms. The zero-order valence-electron chi connectivity index (χ0n) is 9.40. The molecular formula is C9H12F3N3O2S. The lowest BCUT2D eigenvalue weighted by Gasteiger charge is -2.23. The summed E-state index contributed by atoms with van der Waals surface area (Å²) in [6.07, 6.45) is -4.45. The van der Waals surface area contributed by atoms with Gasteiger partial charge in [-0.05, 0) is 18.2 Å². The van der Waals surface area contributed by atoms with E-state index in [0.29, 0.717) is 0 Å². The number of benzene rings is 1. The van der Waals surface area contributed by atoms with Crippen molar-refractivity contribution in [3.63, 3.8) is 0 Å². The standard InChI is InChI=1S/C9H12F3N3O2S/c1-15(5-9(10,11)12)7-3-2-6(13)4-8(7)18(14,16)17/h2-4H,5,13H2,1H3,(H2,14,16,17). The maximum atomic E-state index is 12.3. The predicted molar refractivity (Wildman–Crippen MR) is 61.6 cm³/mol. The molecule has 9 heteroatoms. The average molecular weight is 283 g/mol. The van der Waals surface area contributed by atoms with E-state index in [4.69, 9.17) is 10.9 Å². The van der Waals surface area contributed by atoms with Crippen LogP contribution in [0.4, 0.5) is 24.5 Å². The summed E-state index contributed by atoms with van der Waals surface area (Å²) in [6.45, 7) is -1.29. The molecule has 0 fully saturated rings. The third kappa shape index (κ3) is 3.77. The molecule has 5 nitrogen and oxygen atoms in total. The number of nitrogens with two attached hydrogens (primary N) is 2. The van der Waals surface area contributed by atoms with Crippen molar-refractivity contribution in [3.05, 3.63) is 18.2 Å². The average Bonchev–Trinajstić information content (AvgIpc) is 2.13. The van der Waals surface area contributed by atoms with Gasteiger partial charge in [0.2, 0.25) is 10.0 Å². The highest BCUT2D eigenvalue weighted by molar-refractivity contribution is 7.89. The molecule has 0 radical (unpaired) electrons. The van der Waals surface area contributed by atoms with Gasteiger partial charge >= 0.3 is 6.18 Å². The Morgan fingerprint density at radius 3 is 2.33 bits per heavy atom. The lowest BCUT2D eigenvalue weighted by molar-refractivity contribution is -0.119. The van der Waals surface area contributed by atoms with Crippen LogP contribution in [0, 0.1) is 0 Å². The van der Waals surface area contributed by atoms with E-state index in [0.717, 1.165) is 18.0 Å². The molecule has 0 aromatic heterocycles. The molecule has 0 saturated heterocycles. The number of hydrogen-bond acceptors (Lipinski definition) is 4. The number of nitrogen functional groups attached to an aromatic ring is 1. The van der Waals surface area contributed by atoms with Gasteiger partial charge in [0.05, 0.1) is 5.69 Å². The van der Waals surface area contributed by atoms with E-state index in [1.165, 1.54) is 12.1 Å². The minimum absolute atomic E-state index is 0.100. The number of primary sulfonamides is 1. The van der Waals surface area contributed by atoms with Gasteiger partial charge in [0, 0.05) is 12.7 Å². The lowest BCUT2D eigenvalue weighted by Crippen LogP contribution is -2.32. The van der Waals surface area contributed by atoms with E-state index in [9.17, 15) is 21.6 Å². The van der Waals surface area contributed by atoms with Crippen molar-refractivity contribution < 1.29 is 21.6 Å². The van der Waals surface area contributed by atoms with Crippen LogP contribution in [0.3, 0.4) is 0 Å². The monoisotopic (exact) mass is 283 g/mol. The quantitative estimate of drug-likeness (QED) is 0.807. The molecule has 0 aliphatic heterocycles. The van der Waals surface area contributed by atoms with E-state index in [-0.39, 0.29) is 11.4 Å². The van der Waals surface area contributed by atoms with Crippen LogP contribution in [-0.4, -0.2) is 28.2 Å². The van der Waals surface area contributed by atoms with E-state index in [2.05, 4.69) is 0 Å². The molecule has 0 spiro atoms. The van der Waals surface area contributed by atoms with E-state index in [1.54, 1.807) is 0 Å². The number of halogens is 3. The Morgan fingerprint density at radius 1 is 1.33 bits per heavy atom. The van der Waals surface area contributed by atoms with E-state index >= 15 is 0 Å². The Balaban J connectivity index is 3.25. The van der Waals surface area contributed by atoms with Gasteiger partial charge in [0.25, 0.3) is 0 Å². The summed E-state index contributed by atoms with van der Waals surface area (Å²) in [5.74, 6) is 0. The molecule has 0 amide bonds. The van der Waals surface area contributed by atoms with Crippen LogP contribution < -0.4 is 15.8 Å². The van der Waals surface area contributed by atoms with Gasteiger partial charge in [0.1, 0.15) is 11.4 Å². The van der Waals surface area contributed by atoms with Crippen LogP contribution in [0.25, 0.3) is 0 Å². The van der Waals surface area contributed by atoms with Crippen molar-refractivity contribution >= 4 is 21.4 Å². The number of sulfonamides is 1. The molecule has 0 saturated carbocycles. The smallest absolute Gasteiger partial charge is 0.399 e. The van der Waals surface area contributed by atoms with Crippen molar-refractivity contribution in [1.82, 2.24) is 0 Å². The van der Waals surface area contributed by atoms with E-state index < -0.39 is 27.6 Å². The van der Waals surface area contributed by atoms with Crippen molar-refractivity contribution in [1.29, 1.82) is 0 Å². The van der Waals surface area contributed by atoms with Gasteiger partial charge in [-0.25, -0.2) is 13.6 Å². The van der Waals surface area contributed by atoms with Gasteiger partial charge in [-0.3, -0.25) is 0 Å². The molecule has 0 heterocycles. The normalized spacial score (nSPS) is 12.5. The van der Waals surface area contributed by atoms with Gasteiger partial charge < -0.3 is 10.6 Å². The van der Waals surface area contributed by atoms with Gasteiger partial charge in [-0.2, -0.15) is 13.2 Å². The second-order valence-electron chi connectivity index (χ2n) is 3.74. The highest BCUT2D eigenvalue weighted by atomic mass is 32.2. The first kappa shape index (κ1) is 14.6. The van der Waals surface area contributed by atoms with Crippen LogP contribution in [0.1, 0.15) is 0 Å². The Kier molecular flexibility index (Phi) is 3.77. The molecule has 1 aromatic carbocycles. The molecule has 102 valence electrons. The van der Waals surface area contributed by atoms with Crippen molar-refractivity contribution in [2.75, 3.05) is 24.2 Å². The summed E-state index contributed by atoms with van der Waals surface area (Å²) in [5.41, 5.74) is 5.34. The fourth-order valence-electron chi connectivity index (χ4n) is 1.43.